The monoisotopic (exact) mass is 217 g/mol. The first-order valence-corrected chi connectivity index (χ1v) is 4.81. The Kier molecular flexibility index (Phi) is 2.48. The van der Waals surface area contributed by atoms with Crippen molar-refractivity contribution in [3.63, 3.8) is 0 Å². The summed E-state index contributed by atoms with van der Waals surface area (Å²) in [4.78, 5) is 15.3. The van der Waals surface area contributed by atoms with Gasteiger partial charge in [-0.25, -0.2) is 9.78 Å². The van der Waals surface area contributed by atoms with Gasteiger partial charge in [-0.1, -0.05) is 12.1 Å². The van der Waals surface area contributed by atoms with Crippen LogP contribution in [0, 0.1) is 6.92 Å². The minimum Gasteiger partial charge on any atom is -0.481 e. The van der Waals surface area contributed by atoms with Crippen molar-refractivity contribution < 1.29 is 14.6 Å². The number of benzene rings is 1. The molecule has 1 aromatic carbocycles. The zero-order valence-electron chi connectivity index (χ0n) is 9.02. The molecule has 82 valence electrons. The predicted molar refractivity (Wildman–Crippen MR) is 60.0 cm³/mol. The van der Waals surface area contributed by atoms with Gasteiger partial charge in [0, 0.05) is 5.69 Å². The number of hydrogen-bond donors (Lipinski definition) is 1. The number of fused-ring (bicyclic) bond motifs is 1. The molecular weight excluding hydrogens is 206 g/mol. The number of hydrogen-bond acceptors (Lipinski definition) is 3. The highest BCUT2D eigenvalue weighted by Crippen LogP contribution is 2.27. The molecule has 0 aliphatic heterocycles. The van der Waals surface area contributed by atoms with E-state index in [9.17, 15) is 4.79 Å². The van der Waals surface area contributed by atoms with Gasteiger partial charge in [-0.15, -0.1) is 0 Å². The molecule has 0 atom stereocenters. The number of methoxy groups -OCH3 is 1. The molecular formula is C12H11NO3. The molecule has 1 N–H and O–H groups in total. The van der Waals surface area contributed by atoms with Crippen molar-refractivity contribution in [2.24, 2.45) is 0 Å². The summed E-state index contributed by atoms with van der Waals surface area (Å²) in [5, 5.41) is 10.5. The SMILES string of the molecule is COc1nc(C)cc2cccc(C(=O)O)c12. The molecule has 0 fully saturated rings. The molecule has 0 aliphatic carbocycles. The van der Waals surface area contributed by atoms with Crippen LogP contribution in [0.4, 0.5) is 0 Å². The van der Waals surface area contributed by atoms with Crippen molar-refractivity contribution in [1.29, 1.82) is 0 Å². The molecule has 0 unspecified atom stereocenters. The molecule has 1 aromatic heterocycles. The first-order chi connectivity index (χ1) is 7.63. The van der Waals surface area contributed by atoms with Gasteiger partial charge in [0.25, 0.3) is 0 Å². The topological polar surface area (TPSA) is 59.4 Å². The van der Waals surface area contributed by atoms with Gasteiger partial charge >= 0.3 is 5.97 Å². The highest BCUT2D eigenvalue weighted by Gasteiger charge is 2.13. The highest BCUT2D eigenvalue weighted by molar-refractivity contribution is 6.05. The second-order valence-corrected chi connectivity index (χ2v) is 3.48. The molecule has 0 bridgehead atoms. The Morgan fingerprint density at radius 2 is 2.19 bits per heavy atom. The molecule has 4 nitrogen and oxygen atoms in total. The van der Waals surface area contributed by atoms with Crippen LogP contribution in [0.2, 0.25) is 0 Å². The number of carboxylic acid groups (broad SMARTS) is 1. The van der Waals surface area contributed by atoms with Crippen LogP contribution < -0.4 is 4.74 Å². The molecule has 0 aliphatic rings. The van der Waals surface area contributed by atoms with Gasteiger partial charge in [0.05, 0.1) is 18.1 Å². The number of rotatable bonds is 2. The largest absolute Gasteiger partial charge is 0.481 e. The van der Waals surface area contributed by atoms with E-state index >= 15 is 0 Å². The maximum Gasteiger partial charge on any atom is 0.336 e. The zero-order chi connectivity index (χ0) is 11.7. The van der Waals surface area contributed by atoms with Crippen molar-refractivity contribution in [2.45, 2.75) is 6.92 Å². The fourth-order valence-electron chi connectivity index (χ4n) is 1.73. The highest BCUT2D eigenvalue weighted by atomic mass is 16.5. The Balaban J connectivity index is 2.89. The van der Waals surface area contributed by atoms with E-state index in [0.717, 1.165) is 11.1 Å². The normalized spacial score (nSPS) is 10.4. The molecule has 4 heteroatoms. The first kappa shape index (κ1) is 10.4. The van der Waals surface area contributed by atoms with Gasteiger partial charge in [-0.2, -0.15) is 0 Å². The van der Waals surface area contributed by atoms with E-state index in [1.807, 2.05) is 19.1 Å². The van der Waals surface area contributed by atoms with Crippen molar-refractivity contribution in [2.75, 3.05) is 7.11 Å². The second kappa shape index (κ2) is 3.81. The van der Waals surface area contributed by atoms with Gasteiger partial charge in [0.1, 0.15) is 0 Å². The van der Waals surface area contributed by atoms with Crippen LogP contribution in [0.15, 0.2) is 24.3 Å². The van der Waals surface area contributed by atoms with E-state index in [0.29, 0.717) is 11.3 Å². The molecule has 0 saturated heterocycles. The Labute approximate surface area is 92.5 Å². The zero-order valence-corrected chi connectivity index (χ0v) is 9.02. The van der Waals surface area contributed by atoms with Gasteiger partial charge in [0.2, 0.25) is 5.88 Å². The van der Waals surface area contributed by atoms with Crippen LogP contribution in [0.5, 0.6) is 5.88 Å². The van der Waals surface area contributed by atoms with Gasteiger partial charge in [-0.3, -0.25) is 0 Å². The Morgan fingerprint density at radius 3 is 2.81 bits per heavy atom. The van der Waals surface area contributed by atoms with E-state index in [1.165, 1.54) is 7.11 Å². The lowest BCUT2D eigenvalue weighted by atomic mass is 10.1. The van der Waals surface area contributed by atoms with Gasteiger partial charge in [0.15, 0.2) is 0 Å². The number of pyridine rings is 1. The van der Waals surface area contributed by atoms with Crippen LogP contribution in [0.1, 0.15) is 16.1 Å². The van der Waals surface area contributed by atoms with Gasteiger partial charge in [-0.05, 0) is 24.4 Å². The van der Waals surface area contributed by atoms with Crippen LogP contribution >= 0.6 is 0 Å². The smallest absolute Gasteiger partial charge is 0.336 e. The molecule has 2 rings (SSSR count). The molecule has 0 radical (unpaired) electrons. The Bertz CT molecular complexity index is 563. The summed E-state index contributed by atoms with van der Waals surface area (Å²) >= 11 is 0. The summed E-state index contributed by atoms with van der Waals surface area (Å²) in [6.07, 6.45) is 0. The average Bonchev–Trinajstić information content (AvgIpc) is 2.26. The molecule has 1 heterocycles. The first-order valence-electron chi connectivity index (χ1n) is 4.81. The summed E-state index contributed by atoms with van der Waals surface area (Å²) in [6, 6.07) is 6.94. The minimum absolute atomic E-state index is 0.210. The number of aromatic nitrogens is 1. The Hall–Kier alpha value is -2.10. The fourth-order valence-corrected chi connectivity index (χ4v) is 1.73. The van der Waals surface area contributed by atoms with E-state index in [-0.39, 0.29) is 5.56 Å². The lowest BCUT2D eigenvalue weighted by Crippen LogP contribution is -2.00. The standard InChI is InChI=1S/C12H11NO3/c1-7-6-8-4-3-5-9(12(14)15)10(8)11(13-7)16-2/h3-6H,1-2H3,(H,14,15). The third-order valence-corrected chi connectivity index (χ3v) is 2.38. The molecule has 0 spiro atoms. The number of carbonyl (C=O) groups is 1. The summed E-state index contributed by atoms with van der Waals surface area (Å²) < 4.78 is 5.12. The van der Waals surface area contributed by atoms with E-state index in [4.69, 9.17) is 9.84 Å². The number of aromatic carboxylic acids is 1. The Morgan fingerprint density at radius 1 is 1.44 bits per heavy atom. The van der Waals surface area contributed by atoms with E-state index in [2.05, 4.69) is 4.98 Å². The third-order valence-electron chi connectivity index (χ3n) is 2.38. The van der Waals surface area contributed by atoms with Crippen LogP contribution in [-0.4, -0.2) is 23.2 Å². The van der Waals surface area contributed by atoms with Crippen molar-refractivity contribution >= 4 is 16.7 Å². The predicted octanol–water partition coefficient (Wildman–Crippen LogP) is 2.25. The number of aryl methyl sites for hydroxylation is 1. The van der Waals surface area contributed by atoms with E-state index in [1.54, 1.807) is 12.1 Å². The molecule has 16 heavy (non-hydrogen) atoms. The quantitative estimate of drug-likeness (QED) is 0.838. The van der Waals surface area contributed by atoms with Crippen LogP contribution in [0.3, 0.4) is 0 Å². The maximum atomic E-state index is 11.1. The van der Waals surface area contributed by atoms with E-state index < -0.39 is 5.97 Å². The summed E-state index contributed by atoms with van der Waals surface area (Å²) in [7, 11) is 1.49. The summed E-state index contributed by atoms with van der Waals surface area (Å²) in [6.45, 7) is 1.84. The van der Waals surface area contributed by atoms with Crippen molar-refractivity contribution in [3.05, 3.63) is 35.5 Å². The number of ether oxygens (including phenoxy) is 1. The van der Waals surface area contributed by atoms with Crippen LogP contribution in [-0.2, 0) is 0 Å². The maximum absolute atomic E-state index is 11.1. The average molecular weight is 217 g/mol. The molecule has 0 saturated carbocycles. The lowest BCUT2D eigenvalue weighted by Gasteiger charge is -2.08. The minimum atomic E-state index is -0.977. The second-order valence-electron chi connectivity index (χ2n) is 3.48. The van der Waals surface area contributed by atoms with Gasteiger partial charge < -0.3 is 9.84 Å². The molecule has 0 amide bonds. The fraction of sp³-hybridized carbons (Fsp3) is 0.167. The van der Waals surface area contributed by atoms with Crippen molar-refractivity contribution in [1.82, 2.24) is 4.98 Å². The summed E-state index contributed by atoms with van der Waals surface area (Å²) in [5.74, 6) is -0.623. The van der Waals surface area contributed by atoms with Crippen LogP contribution in [0.25, 0.3) is 10.8 Å². The lowest BCUT2D eigenvalue weighted by molar-refractivity contribution is 0.0698. The third kappa shape index (κ3) is 1.58. The molecule has 2 aromatic rings. The summed E-state index contributed by atoms with van der Waals surface area (Å²) in [5.41, 5.74) is 1.01. The number of carboxylic acids is 1. The number of nitrogens with zero attached hydrogens (tertiary/aromatic N) is 1. The van der Waals surface area contributed by atoms with Crippen molar-refractivity contribution in [3.8, 4) is 5.88 Å².